The van der Waals surface area contributed by atoms with Gasteiger partial charge in [0.25, 0.3) is 5.91 Å². The molecule has 0 aliphatic carbocycles. The van der Waals surface area contributed by atoms with Gasteiger partial charge in [-0.05, 0) is 54.4 Å². The molecule has 0 saturated carbocycles. The van der Waals surface area contributed by atoms with Crippen molar-refractivity contribution in [1.82, 2.24) is 4.57 Å². The monoisotopic (exact) mass is 374 g/mol. The van der Waals surface area contributed by atoms with Gasteiger partial charge in [0, 0.05) is 29.7 Å². The maximum atomic E-state index is 13.3. The van der Waals surface area contributed by atoms with Crippen LogP contribution in [0.4, 0.5) is 5.69 Å². The lowest BCUT2D eigenvalue weighted by Gasteiger charge is -2.23. The van der Waals surface area contributed by atoms with Crippen molar-refractivity contribution < 1.29 is 9.53 Å². The minimum absolute atomic E-state index is 0.0135. The van der Waals surface area contributed by atoms with E-state index in [0.29, 0.717) is 12.1 Å². The Morgan fingerprint density at radius 3 is 2.61 bits per heavy atom. The van der Waals surface area contributed by atoms with Crippen molar-refractivity contribution in [2.24, 2.45) is 0 Å². The zero-order valence-electron chi connectivity index (χ0n) is 16.3. The second kappa shape index (κ2) is 8.34. The summed E-state index contributed by atoms with van der Waals surface area (Å²) in [5.41, 5.74) is 3.95. The van der Waals surface area contributed by atoms with Crippen LogP contribution in [0.25, 0.3) is 0 Å². The molecule has 0 N–H and O–H groups in total. The minimum atomic E-state index is 0.0135. The number of aromatic nitrogens is 1. The Labute approximate surface area is 166 Å². The highest BCUT2D eigenvalue weighted by atomic mass is 16.5. The van der Waals surface area contributed by atoms with Gasteiger partial charge in [-0.25, -0.2) is 0 Å². The quantitative estimate of drug-likeness (QED) is 0.551. The summed E-state index contributed by atoms with van der Waals surface area (Å²) >= 11 is 0. The van der Waals surface area contributed by atoms with Crippen LogP contribution in [-0.2, 0) is 13.1 Å². The van der Waals surface area contributed by atoms with Crippen molar-refractivity contribution in [3.63, 3.8) is 0 Å². The Kier molecular flexibility index (Phi) is 5.47. The fourth-order valence-electron chi connectivity index (χ4n) is 3.66. The molecule has 1 aliphatic heterocycles. The summed E-state index contributed by atoms with van der Waals surface area (Å²) in [6, 6.07) is 19.8. The van der Waals surface area contributed by atoms with Crippen molar-refractivity contribution in [3.05, 3.63) is 83.7 Å². The number of nitrogens with zero attached hydrogens (tertiary/aromatic N) is 2. The lowest BCUT2D eigenvalue weighted by molar-refractivity contribution is 0.0985. The highest BCUT2D eigenvalue weighted by molar-refractivity contribution is 6.06. The van der Waals surface area contributed by atoms with Gasteiger partial charge in [-0.3, -0.25) is 4.79 Å². The van der Waals surface area contributed by atoms with Crippen molar-refractivity contribution in [2.45, 2.75) is 39.3 Å². The van der Waals surface area contributed by atoms with E-state index < -0.39 is 0 Å². The summed E-state index contributed by atoms with van der Waals surface area (Å²) in [5.74, 6) is 0.831. The molecule has 0 atom stereocenters. The number of unbranched alkanes of at least 4 members (excludes halogenated alkanes) is 2. The number of carbonyl (C=O) groups is 1. The average molecular weight is 374 g/mol. The predicted molar refractivity (Wildman–Crippen MR) is 112 cm³/mol. The molecule has 2 heterocycles. The zero-order chi connectivity index (χ0) is 19.3. The SMILES string of the molecule is CCCCCOc1ccc(C(=O)N2Cc3cccn3Cc3ccccc32)cc1. The maximum absolute atomic E-state index is 13.3. The van der Waals surface area contributed by atoms with E-state index in [0.717, 1.165) is 42.3 Å². The zero-order valence-corrected chi connectivity index (χ0v) is 16.3. The first-order valence-corrected chi connectivity index (χ1v) is 10.0. The van der Waals surface area contributed by atoms with E-state index in [1.54, 1.807) is 0 Å². The number of carbonyl (C=O) groups excluding carboxylic acids is 1. The summed E-state index contributed by atoms with van der Waals surface area (Å²) < 4.78 is 7.98. The first-order valence-electron chi connectivity index (χ1n) is 10.0. The molecule has 0 spiro atoms. The lowest BCUT2D eigenvalue weighted by Crippen LogP contribution is -2.30. The van der Waals surface area contributed by atoms with Crippen molar-refractivity contribution in [2.75, 3.05) is 11.5 Å². The molecule has 0 saturated heterocycles. The number of fused-ring (bicyclic) bond motifs is 2. The third-order valence-corrected chi connectivity index (χ3v) is 5.23. The first kappa shape index (κ1) is 18.4. The molecule has 0 bridgehead atoms. The molecule has 2 aromatic carbocycles. The number of benzene rings is 2. The number of rotatable bonds is 6. The number of hydrogen-bond donors (Lipinski definition) is 0. The Morgan fingerprint density at radius 1 is 0.964 bits per heavy atom. The average Bonchev–Trinajstić information content (AvgIpc) is 3.10. The normalized spacial score (nSPS) is 12.8. The summed E-state index contributed by atoms with van der Waals surface area (Å²) in [4.78, 5) is 15.2. The Hall–Kier alpha value is -3.01. The fourth-order valence-corrected chi connectivity index (χ4v) is 3.66. The fraction of sp³-hybridized carbons (Fsp3) is 0.292. The third-order valence-electron chi connectivity index (χ3n) is 5.23. The standard InChI is InChI=1S/C24H26N2O2/c1-2-3-6-16-28-22-13-11-19(12-14-22)24(27)26-18-21-9-7-15-25(21)17-20-8-4-5-10-23(20)26/h4-5,7-15H,2-3,6,16-18H2,1H3. The summed E-state index contributed by atoms with van der Waals surface area (Å²) in [6.45, 7) is 4.25. The molecule has 4 heteroatoms. The molecular formula is C24H26N2O2. The highest BCUT2D eigenvalue weighted by Crippen LogP contribution is 2.29. The first-order chi connectivity index (χ1) is 13.8. The van der Waals surface area contributed by atoms with Gasteiger partial charge in [0.15, 0.2) is 0 Å². The summed E-state index contributed by atoms with van der Waals surface area (Å²) in [6.07, 6.45) is 5.48. The van der Waals surface area contributed by atoms with Gasteiger partial charge in [-0.2, -0.15) is 0 Å². The Morgan fingerprint density at radius 2 is 1.79 bits per heavy atom. The summed E-state index contributed by atoms with van der Waals surface area (Å²) in [7, 11) is 0. The van der Waals surface area contributed by atoms with Crippen LogP contribution in [-0.4, -0.2) is 17.1 Å². The van der Waals surface area contributed by atoms with Gasteiger partial charge >= 0.3 is 0 Å². The lowest BCUT2D eigenvalue weighted by atomic mass is 10.1. The largest absolute Gasteiger partial charge is 0.494 e. The number of amides is 1. The topological polar surface area (TPSA) is 34.5 Å². The van der Waals surface area contributed by atoms with Crippen LogP contribution in [0.3, 0.4) is 0 Å². The second-order valence-electron chi connectivity index (χ2n) is 7.23. The van der Waals surface area contributed by atoms with Crippen LogP contribution in [0.2, 0.25) is 0 Å². The van der Waals surface area contributed by atoms with Gasteiger partial charge < -0.3 is 14.2 Å². The van der Waals surface area contributed by atoms with Gasteiger partial charge in [0.1, 0.15) is 5.75 Å². The van der Waals surface area contributed by atoms with E-state index in [2.05, 4.69) is 29.8 Å². The third kappa shape index (κ3) is 3.81. The Bertz CT molecular complexity index is 943. The molecule has 28 heavy (non-hydrogen) atoms. The van der Waals surface area contributed by atoms with Crippen LogP contribution in [0.1, 0.15) is 47.8 Å². The molecule has 3 aromatic rings. The molecule has 0 fully saturated rings. The minimum Gasteiger partial charge on any atom is -0.494 e. The van der Waals surface area contributed by atoms with Gasteiger partial charge in [-0.1, -0.05) is 38.0 Å². The summed E-state index contributed by atoms with van der Waals surface area (Å²) in [5, 5.41) is 0. The molecule has 144 valence electrons. The van der Waals surface area contributed by atoms with Crippen molar-refractivity contribution in [1.29, 1.82) is 0 Å². The smallest absolute Gasteiger partial charge is 0.258 e. The van der Waals surface area contributed by atoms with Crippen LogP contribution in [0.5, 0.6) is 5.75 Å². The number of para-hydroxylation sites is 1. The van der Waals surface area contributed by atoms with E-state index in [1.165, 1.54) is 12.8 Å². The molecule has 1 aliphatic rings. The van der Waals surface area contributed by atoms with E-state index in [9.17, 15) is 4.79 Å². The van der Waals surface area contributed by atoms with Crippen LogP contribution in [0.15, 0.2) is 66.9 Å². The molecule has 0 radical (unpaired) electrons. The molecule has 4 rings (SSSR count). The molecule has 4 nitrogen and oxygen atoms in total. The van der Waals surface area contributed by atoms with E-state index >= 15 is 0 Å². The maximum Gasteiger partial charge on any atom is 0.258 e. The van der Waals surface area contributed by atoms with Crippen LogP contribution < -0.4 is 9.64 Å². The molecular weight excluding hydrogens is 348 g/mol. The van der Waals surface area contributed by atoms with Gasteiger partial charge in [-0.15, -0.1) is 0 Å². The molecule has 1 aromatic heterocycles. The van der Waals surface area contributed by atoms with Crippen LogP contribution in [0, 0.1) is 0 Å². The number of anilines is 1. The van der Waals surface area contributed by atoms with Gasteiger partial charge in [0.05, 0.1) is 13.2 Å². The second-order valence-corrected chi connectivity index (χ2v) is 7.23. The molecule has 1 amide bonds. The van der Waals surface area contributed by atoms with Crippen molar-refractivity contribution >= 4 is 11.6 Å². The van der Waals surface area contributed by atoms with E-state index in [1.807, 2.05) is 53.4 Å². The Balaban J connectivity index is 1.55. The molecule has 0 unspecified atom stereocenters. The van der Waals surface area contributed by atoms with Crippen molar-refractivity contribution in [3.8, 4) is 5.75 Å². The van der Waals surface area contributed by atoms with E-state index in [4.69, 9.17) is 4.74 Å². The number of hydrogen-bond acceptors (Lipinski definition) is 2. The van der Waals surface area contributed by atoms with E-state index in [-0.39, 0.29) is 5.91 Å². The number of ether oxygens (including phenoxy) is 1. The van der Waals surface area contributed by atoms with Crippen LogP contribution >= 0.6 is 0 Å². The predicted octanol–water partition coefficient (Wildman–Crippen LogP) is 5.27. The highest BCUT2D eigenvalue weighted by Gasteiger charge is 2.24. The van der Waals surface area contributed by atoms with Gasteiger partial charge in [0.2, 0.25) is 0 Å².